The van der Waals surface area contributed by atoms with Crippen LogP contribution in [0, 0.1) is 22.5 Å². The molecule has 0 heterocycles. The predicted molar refractivity (Wildman–Crippen MR) is 90.8 cm³/mol. The smallest absolute Gasteiger partial charge is 0.211 e. The number of nitrogens with zero attached hydrogens (tertiary/aromatic N) is 1. The molecule has 0 fully saturated rings. The zero-order chi connectivity index (χ0) is 17.4. The van der Waals surface area contributed by atoms with Gasteiger partial charge in [0.15, 0.2) is 5.78 Å². The van der Waals surface area contributed by atoms with E-state index in [0.29, 0.717) is 11.3 Å². The number of rotatable bonds is 8. The highest BCUT2D eigenvalue weighted by Gasteiger charge is 2.22. The van der Waals surface area contributed by atoms with Crippen LogP contribution in [0.2, 0.25) is 0 Å². The van der Waals surface area contributed by atoms with Crippen molar-refractivity contribution < 1.29 is 14.5 Å². The first-order valence-corrected chi connectivity index (χ1v) is 7.46. The molecule has 0 spiro atoms. The van der Waals surface area contributed by atoms with Crippen molar-refractivity contribution in [3.8, 4) is 18.1 Å². The average molecular weight is 323 g/mol. The predicted octanol–water partition coefficient (Wildman–Crippen LogP) is 3.33. The molecule has 5 heteroatoms. The van der Waals surface area contributed by atoms with Gasteiger partial charge < -0.3 is 4.74 Å². The summed E-state index contributed by atoms with van der Waals surface area (Å²) in [5.74, 6) is 2.34. The zero-order valence-electron chi connectivity index (χ0n) is 13.1. The molecule has 0 aliphatic carbocycles. The van der Waals surface area contributed by atoms with Gasteiger partial charge in [-0.25, -0.2) is 0 Å². The van der Waals surface area contributed by atoms with Gasteiger partial charge in [-0.2, -0.15) is 0 Å². The maximum absolute atomic E-state index is 12.4. The van der Waals surface area contributed by atoms with E-state index < -0.39 is 5.92 Å². The monoisotopic (exact) mass is 323 g/mol. The second-order valence-corrected chi connectivity index (χ2v) is 5.27. The third-order valence-electron chi connectivity index (χ3n) is 3.57. The number of hydrogen-bond acceptors (Lipinski definition) is 4. The number of nitro groups is 1. The second kappa shape index (κ2) is 8.49. The first kappa shape index (κ1) is 17.2. The molecule has 2 aromatic rings. The maximum Gasteiger partial charge on any atom is 0.211 e. The van der Waals surface area contributed by atoms with Crippen molar-refractivity contribution in [1.29, 1.82) is 0 Å². The van der Waals surface area contributed by atoms with Gasteiger partial charge in [-0.1, -0.05) is 36.3 Å². The number of benzene rings is 2. The van der Waals surface area contributed by atoms with E-state index >= 15 is 0 Å². The maximum atomic E-state index is 12.4. The number of Topliss-reactive ketones (excluding diaryl/α,β-unsaturated/α-hetero) is 1. The lowest BCUT2D eigenvalue weighted by Gasteiger charge is -2.12. The molecule has 0 aliphatic rings. The van der Waals surface area contributed by atoms with Crippen LogP contribution >= 0.6 is 0 Å². The van der Waals surface area contributed by atoms with E-state index in [2.05, 4.69) is 5.92 Å². The van der Waals surface area contributed by atoms with Crippen LogP contribution in [0.4, 0.5) is 0 Å². The number of ether oxygens (including phenoxy) is 1. The standard InChI is InChI=1S/C19H17NO4/c1-2-12-24-18-10-8-16(9-11-18)19(21)13-17(14-20(22)23)15-6-4-3-5-7-15/h1,3-11,17H,12-14H2. The Morgan fingerprint density at radius 1 is 1.17 bits per heavy atom. The van der Waals surface area contributed by atoms with E-state index in [9.17, 15) is 14.9 Å². The molecule has 122 valence electrons. The Morgan fingerprint density at radius 2 is 1.83 bits per heavy atom. The minimum Gasteiger partial charge on any atom is -0.481 e. The molecule has 0 N–H and O–H groups in total. The summed E-state index contributed by atoms with van der Waals surface area (Å²) in [7, 11) is 0. The van der Waals surface area contributed by atoms with Gasteiger partial charge in [-0.15, -0.1) is 6.42 Å². The number of hydrogen-bond donors (Lipinski definition) is 0. The van der Waals surface area contributed by atoms with E-state index in [4.69, 9.17) is 11.2 Å². The summed E-state index contributed by atoms with van der Waals surface area (Å²) in [6.45, 7) is -0.120. The van der Waals surface area contributed by atoms with Crippen LogP contribution < -0.4 is 4.74 Å². The molecular weight excluding hydrogens is 306 g/mol. The average Bonchev–Trinajstić information content (AvgIpc) is 2.60. The highest BCUT2D eigenvalue weighted by atomic mass is 16.6. The number of ketones is 1. The van der Waals surface area contributed by atoms with Gasteiger partial charge in [0.1, 0.15) is 12.4 Å². The minimum absolute atomic E-state index is 0.0789. The Bertz CT molecular complexity index is 732. The lowest BCUT2D eigenvalue weighted by molar-refractivity contribution is -0.483. The molecule has 0 radical (unpaired) electrons. The molecule has 1 unspecified atom stereocenters. The summed E-state index contributed by atoms with van der Waals surface area (Å²) in [5, 5.41) is 10.9. The van der Waals surface area contributed by atoms with E-state index in [1.165, 1.54) is 0 Å². The Morgan fingerprint density at radius 3 is 2.42 bits per heavy atom. The fourth-order valence-corrected chi connectivity index (χ4v) is 2.40. The summed E-state index contributed by atoms with van der Waals surface area (Å²) < 4.78 is 5.26. The summed E-state index contributed by atoms with van der Waals surface area (Å²) in [6.07, 6.45) is 5.20. The highest BCUT2D eigenvalue weighted by molar-refractivity contribution is 5.96. The van der Waals surface area contributed by atoms with Crippen molar-refractivity contribution in [2.45, 2.75) is 12.3 Å². The molecule has 24 heavy (non-hydrogen) atoms. The van der Waals surface area contributed by atoms with Crippen LogP contribution in [0.1, 0.15) is 28.3 Å². The quantitative estimate of drug-likeness (QED) is 0.323. The SMILES string of the molecule is C#CCOc1ccc(C(=O)CC(C[N+](=O)[O-])c2ccccc2)cc1. The van der Waals surface area contributed by atoms with E-state index in [1.807, 2.05) is 18.2 Å². The van der Waals surface area contributed by atoms with Crippen LogP contribution in [0.25, 0.3) is 0 Å². The topological polar surface area (TPSA) is 69.4 Å². The molecule has 0 saturated carbocycles. The van der Waals surface area contributed by atoms with Gasteiger partial charge in [-0.3, -0.25) is 14.9 Å². The summed E-state index contributed by atoms with van der Waals surface area (Å²) in [4.78, 5) is 23.0. The minimum atomic E-state index is -0.453. The van der Waals surface area contributed by atoms with Gasteiger partial charge in [0, 0.05) is 16.9 Å². The van der Waals surface area contributed by atoms with Gasteiger partial charge in [0.25, 0.3) is 0 Å². The Balaban J connectivity index is 2.10. The lowest BCUT2D eigenvalue weighted by atomic mass is 9.91. The fourth-order valence-electron chi connectivity index (χ4n) is 2.40. The number of carbonyl (C=O) groups excluding carboxylic acids is 1. The molecule has 0 aromatic heterocycles. The van der Waals surface area contributed by atoms with Crippen LogP contribution in [0.15, 0.2) is 54.6 Å². The van der Waals surface area contributed by atoms with Crippen LogP contribution in [-0.2, 0) is 0 Å². The summed E-state index contributed by atoms with van der Waals surface area (Å²) >= 11 is 0. The summed E-state index contributed by atoms with van der Waals surface area (Å²) in [6, 6.07) is 15.7. The molecule has 2 rings (SSSR count). The largest absolute Gasteiger partial charge is 0.481 e. The molecular formula is C19H17NO4. The number of carbonyl (C=O) groups is 1. The van der Waals surface area contributed by atoms with Crippen molar-refractivity contribution in [2.24, 2.45) is 0 Å². The zero-order valence-corrected chi connectivity index (χ0v) is 13.1. The van der Waals surface area contributed by atoms with Crippen LogP contribution in [0.5, 0.6) is 5.75 Å². The molecule has 5 nitrogen and oxygen atoms in total. The van der Waals surface area contributed by atoms with Gasteiger partial charge in [-0.05, 0) is 29.8 Å². The molecule has 2 aromatic carbocycles. The van der Waals surface area contributed by atoms with E-state index in [1.54, 1.807) is 36.4 Å². The fraction of sp³-hybridized carbons (Fsp3) is 0.211. The molecule has 0 saturated heterocycles. The lowest BCUT2D eigenvalue weighted by Crippen LogP contribution is -2.16. The molecule has 1 atom stereocenters. The normalized spacial score (nSPS) is 11.3. The molecule has 0 amide bonds. The summed E-state index contributed by atoms with van der Waals surface area (Å²) in [5.41, 5.74) is 1.28. The highest BCUT2D eigenvalue weighted by Crippen LogP contribution is 2.23. The molecule has 0 aliphatic heterocycles. The second-order valence-electron chi connectivity index (χ2n) is 5.27. The number of terminal acetylenes is 1. The van der Waals surface area contributed by atoms with Crippen molar-refractivity contribution in [3.05, 3.63) is 75.8 Å². The third kappa shape index (κ3) is 4.96. The Hall–Kier alpha value is -3.13. The van der Waals surface area contributed by atoms with Crippen LogP contribution in [-0.4, -0.2) is 23.9 Å². The van der Waals surface area contributed by atoms with Crippen LogP contribution in [0.3, 0.4) is 0 Å². The third-order valence-corrected chi connectivity index (χ3v) is 3.57. The van der Waals surface area contributed by atoms with Crippen molar-refractivity contribution in [1.82, 2.24) is 0 Å². The van der Waals surface area contributed by atoms with Gasteiger partial charge >= 0.3 is 0 Å². The van der Waals surface area contributed by atoms with Crippen molar-refractivity contribution in [3.63, 3.8) is 0 Å². The Kier molecular flexibility index (Phi) is 6.09. The van der Waals surface area contributed by atoms with E-state index in [-0.39, 0.29) is 30.3 Å². The van der Waals surface area contributed by atoms with Gasteiger partial charge in [0.2, 0.25) is 6.54 Å². The van der Waals surface area contributed by atoms with Crippen molar-refractivity contribution >= 4 is 5.78 Å². The first-order valence-electron chi connectivity index (χ1n) is 7.46. The van der Waals surface area contributed by atoms with E-state index in [0.717, 1.165) is 5.56 Å². The first-order chi connectivity index (χ1) is 11.6. The molecule has 0 bridgehead atoms. The Labute approximate surface area is 140 Å². The van der Waals surface area contributed by atoms with Crippen molar-refractivity contribution in [2.75, 3.05) is 13.2 Å². The van der Waals surface area contributed by atoms with Gasteiger partial charge in [0.05, 0.1) is 5.92 Å².